The molecule has 2 rings (SSSR count). The molecular weight excluding hydrogens is 262 g/mol. The molecule has 1 fully saturated rings. The van der Waals surface area contributed by atoms with E-state index >= 15 is 0 Å². The number of carbonyl (C=O) groups is 2. The van der Waals surface area contributed by atoms with Crippen molar-refractivity contribution >= 4 is 11.8 Å². The van der Waals surface area contributed by atoms with E-state index in [9.17, 15) is 9.59 Å². The van der Waals surface area contributed by atoms with Crippen molar-refractivity contribution in [2.75, 3.05) is 39.3 Å². The highest BCUT2D eigenvalue weighted by Crippen LogP contribution is 2.04. The van der Waals surface area contributed by atoms with Crippen molar-refractivity contribution in [3.63, 3.8) is 0 Å². The third-order valence-electron chi connectivity index (χ3n) is 3.01. The fraction of sp³-hybridized carbons (Fsp3) is 0.545. The average molecular weight is 279 g/mol. The first-order valence-corrected chi connectivity index (χ1v) is 6.33. The van der Waals surface area contributed by atoms with Crippen LogP contribution >= 0.6 is 0 Å². The van der Waals surface area contributed by atoms with E-state index in [0.29, 0.717) is 39.3 Å². The highest BCUT2D eigenvalue weighted by molar-refractivity contribution is 5.90. The first kappa shape index (κ1) is 14.1. The lowest BCUT2D eigenvalue weighted by Gasteiger charge is -2.33. The van der Waals surface area contributed by atoms with Crippen LogP contribution in [-0.2, 0) is 4.79 Å². The number of tetrazole rings is 1. The predicted octanol–water partition coefficient (Wildman–Crippen LogP) is -1.74. The van der Waals surface area contributed by atoms with Gasteiger partial charge < -0.3 is 10.2 Å². The number of aromatic nitrogens is 4. The van der Waals surface area contributed by atoms with Crippen molar-refractivity contribution in [2.24, 2.45) is 0 Å². The minimum absolute atomic E-state index is 0.0390. The molecule has 2 N–H and O–H groups in total. The second-order valence-corrected chi connectivity index (χ2v) is 4.40. The van der Waals surface area contributed by atoms with E-state index in [0.717, 1.165) is 0 Å². The lowest BCUT2D eigenvalue weighted by atomic mass is 10.3. The van der Waals surface area contributed by atoms with Crippen LogP contribution in [0.15, 0.2) is 12.7 Å². The molecule has 0 bridgehead atoms. The summed E-state index contributed by atoms with van der Waals surface area (Å²) >= 11 is 0. The van der Waals surface area contributed by atoms with Crippen LogP contribution < -0.4 is 5.32 Å². The Morgan fingerprint density at radius 1 is 1.35 bits per heavy atom. The lowest BCUT2D eigenvalue weighted by Crippen LogP contribution is -2.51. The molecule has 0 radical (unpaired) electrons. The molecule has 2 heterocycles. The van der Waals surface area contributed by atoms with Gasteiger partial charge in [0.15, 0.2) is 0 Å². The first-order valence-electron chi connectivity index (χ1n) is 6.33. The van der Waals surface area contributed by atoms with Crippen molar-refractivity contribution in [1.29, 1.82) is 0 Å². The molecule has 0 unspecified atom stereocenters. The van der Waals surface area contributed by atoms with Crippen molar-refractivity contribution in [3.05, 3.63) is 18.5 Å². The van der Waals surface area contributed by atoms with Gasteiger partial charge in [-0.2, -0.15) is 5.21 Å². The smallest absolute Gasteiger partial charge is 0.295 e. The third-order valence-corrected chi connectivity index (χ3v) is 3.01. The first-order chi connectivity index (χ1) is 9.70. The fourth-order valence-corrected chi connectivity index (χ4v) is 1.95. The van der Waals surface area contributed by atoms with E-state index in [2.05, 4.69) is 32.5 Å². The third kappa shape index (κ3) is 3.60. The summed E-state index contributed by atoms with van der Waals surface area (Å²) in [5.41, 5.74) is 0. The van der Waals surface area contributed by atoms with E-state index in [1.165, 1.54) is 0 Å². The number of piperazine rings is 1. The molecule has 1 aromatic heterocycles. The zero-order valence-corrected chi connectivity index (χ0v) is 11.1. The number of carbonyl (C=O) groups excluding carboxylic acids is 2. The van der Waals surface area contributed by atoms with Crippen molar-refractivity contribution in [2.45, 2.75) is 0 Å². The summed E-state index contributed by atoms with van der Waals surface area (Å²) in [5.74, 6) is -0.209. The Bertz CT molecular complexity index is 465. The van der Waals surface area contributed by atoms with Gasteiger partial charge in [-0.25, -0.2) is 0 Å². The van der Waals surface area contributed by atoms with Gasteiger partial charge in [0.25, 0.3) is 11.7 Å². The predicted molar refractivity (Wildman–Crippen MR) is 69.7 cm³/mol. The van der Waals surface area contributed by atoms with E-state index < -0.39 is 0 Å². The second kappa shape index (κ2) is 6.75. The van der Waals surface area contributed by atoms with Crippen LogP contribution in [0.25, 0.3) is 0 Å². The molecule has 1 aliphatic heterocycles. The standard InChI is InChI=1S/C11H17N7O2/c1-2-3-12-9(19)8-17-4-6-18(7-5-17)11(20)10-13-15-16-14-10/h2H,1,3-8H2,(H,12,19)(H,13,14,15,16). The molecule has 0 aromatic carbocycles. The minimum atomic E-state index is -0.241. The van der Waals surface area contributed by atoms with Gasteiger partial charge in [0, 0.05) is 32.7 Å². The highest BCUT2D eigenvalue weighted by Gasteiger charge is 2.25. The van der Waals surface area contributed by atoms with Gasteiger partial charge in [-0.1, -0.05) is 6.08 Å². The van der Waals surface area contributed by atoms with Gasteiger partial charge in [0.05, 0.1) is 6.54 Å². The molecule has 0 spiro atoms. The Morgan fingerprint density at radius 2 is 2.10 bits per heavy atom. The number of nitrogens with one attached hydrogen (secondary N) is 2. The Hall–Kier alpha value is -2.29. The number of H-pyrrole nitrogens is 1. The maximum Gasteiger partial charge on any atom is 0.295 e. The minimum Gasteiger partial charge on any atom is -0.352 e. The summed E-state index contributed by atoms with van der Waals surface area (Å²) in [4.78, 5) is 27.2. The number of rotatable bonds is 5. The van der Waals surface area contributed by atoms with Crippen LogP contribution in [0, 0.1) is 0 Å². The summed E-state index contributed by atoms with van der Waals surface area (Å²) < 4.78 is 0. The van der Waals surface area contributed by atoms with Crippen molar-refractivity contribution in [1.82, 2.24) is 35.7 Å². The summed E-state index contributed by atoms with van der Waals surface area (Å²) in [7, 11) is 0. The second-order valence-electron chi connectivity index (χ2n) is 4.40. The molecule has 1 aromatic rings. The summed E-state index contributed by atoms with van der Waals surface area (Å²) in [6.07, 6.45) is 1.64. The molecule has 1 aliphatic rings. The molecule has 9 heteroatoms. The average Bonchev–Trinajstić information content (AvgIpc) is 2.99. The van der Waals surface area contributed by atoms with Gasteiger partial charge in [-0.15, -0.1) is 16.8 Å². The molecular formula is C11H17N7O2. The van der Waals surface area contributed by atoms with Crippen molar-refractivity contribution in [3.8, 4) is 0 Å². The van der Waals surface area contributed by atoms with E-state index in [1.807, 2.05) is 4.90 Å². The number of aromatic amines is 1. The molecule has 20 heavy (non-hydrogen) atoms. The molecule has 0 saturated carbocycles. The zero-order valence-electron chi connectivity index (χ0n) is 11.1. The van der Waals surface area contributed by atoms with Crippen molar-refractivity contribution < 1.29 is 9.59 Å². The van der Waals surface area contributed by atoms with Gasteiger partial charge in [0.1, 0.15) is 0 Å². The Balaban J connectivity index is 1.76. The SMILES string of the molecule is C=CCNC(=O)CN1CCN(C(=O)c2nn[nH]n2)CC1. The number of amides is 2. The molecule has 0 aliphatic carbocycles. The van der Waals surface area contributed by atoms with E-state index in [4.69, 9.17) is 0 Å². The zero-order chi connectivity index (χ0) is 14.4. The van der Waals surface area contributed by atoms with Crippen LogP contribution in [0.3, 0.4) is 0 Å². The Labute approximate surface area is 116 Å². The Morgan fingerprint density at radius 3 is 2.70 bits per heavy atom. The van der Waals surface area contributed by atoms with Crippen LogP contribution in [0.4, 0.5) is 0 Å². The maximum absolute atomic E-state index is 12.0. The van der Waals surface area contributed by atoms with Crippen LogP contribution in [-0.4, -0.2) is 81.5 Å². The maximum atomic E-state index is 12.0. The molecule has 2 amide bonds. The highest BCUT2D eigenvalue weighted by atomic mass is 16.2. The number of hydrogen-bond acceptors (Lipinski definition) is 6. The number of hydrogen-bond donors (Lipinski definition) is 2. The summed E-state index contributed by atoms with van der Waals surface area (Å²) in [6.45, 7) is 6.72. The van der Waals surface area contributed by atoms with E-state index in [1.54, 1.807) is 11.0 Å². The molecule has 9 nitrogen and oxygen atoms in total. The molecule has 108 valence electrons. The molecule has 1 saturated heterocycles. The number of nitrogens with zero attached hydrogens (tertiary/aromatic N) is 5. The summed E-state index contributed by atoms with van der Waals surface area (Å²) in [5, 5.41) is 15.7. The summed E-state index contributed by atoms with van der Waals surface area (Å²) in [6, 6.07) is 0. The van der Waals surface area contributed by atoms with Gasteiger partial charge in [-0.05, 0) is 5.21 Å². The topological polar surface area (TPSA) is 107 Å². The monoisotopic (exact) mass is 279 g/mol. The quantitative estimate of drug-likeness (QED) is 0.620. The normalized spacial score (nSPS) is 15.9. The lowest BCUT2D eigenvalue weighted by molar-refractivity contribution is -0.122. The molecule has 0 atom stereocenters. The van der Waals surface area contributed by atoms with Crippen LogP contribution in [0.2, 0.25) is 0 Å². The fourth-order valence-electron chi connectivity index (χ4n) is 1.95. The van der Waals surface area contributed by atoms with E-state index in [-0.39, 0.29) is 17.6 Å². The Kier molecular flexibility index (Phi) is 4.77. The van der Waals surface area contributed by atoms with Gasteiger partial charge >= 0.3 is 0 Å². The van der Waals surface area contributed by atoms with Gasteiger partial charge in [0.2, 0.25) is 5.91 Å². The van der Waals surface area contributed by atoms with Gasteiger partial charge in [-0.3, -0.25) is 14.5 Å². The largest absolute Gasteiger partial charge is 0.352 e. The van der Waals surface area contributed by atoms with Crippen LogP contribution in [0.1, 0.15) is 10.6 Å². The van der Waals surface area contributed by atoms with Crippen LogP contribution in [0.5, 0.6) is 0 Å².